The highest BCUT2D eigenvalue weighted by molar-refractivity contribution is 14.0. The van der Waals surface area contributed by atoms with Gasteiger partial charge in [0.25, 0.3) is 0 Å². The SMILES string of the molecule is CN=C(NCC1(O)CCCC1)N1CCOC(c2cnn(C)c2)C1.I. The summed E-state index contributed by atoms with van der Waals surface area (Å²) in [5, 5.41) is 18.1. The summed E-state index contributed by atoms with van der Waals surface area (Å²) in [6, 6.07) is 0. The van der Waals surface area contributed by atoms with Crippen LogP contribution in [0.2, 0.25) is 0 Å². The molecule has 0 amide bonds. The van der Waals surface area contributed by atoms with Gasteiger partial charge in [-0.1, -0.05) is 12.8 Å². The lowest BCUT2D eigenvalue weighted by molar-refractivity contribution is -0.00888. The van der Waals surface area contributed by atoms with E-state index in [0.717, 1.165) is 50.3 Å². The fourth-order valence-electron chi connectivity index (χ4n) is 3.44. The normalized spacial score (nSPS) is 23.9. The average molecular weight is 449 g/mol. The molecule has 7 nitrogen and oxygen atoms in total. The molecule has 0 radical (unpaired) electrons. The molecule has 2 aliphatic rings. The van der Waals surface area contributed by atoms with Gasteiger partial charge in [-0.05, 0) is 12.8 Å². The molecule has 3 rings (SSSR count). The number of hydrogen-bond donors (Lipinski definition) is 2. The van der Waals surface area contributed by atoms with E-state index >= 15 is 0 Å². The zero-order valence-corrected chi connectivity index (χ0v) is 16.8. The molecule has 1 unspecified atom stereocenters. The minimum absolute atomic E-state index is 0. The number of morpholine rings is 1. The Hall–Kier alpha value is -0.870. The zero-order chi connectivity index (χ0) is 16.3. The van der Waals surface area contributed by atoms with Gasteiger partial charge in [-0.2, -0.15) is 5.10 Å². The fourth-order valence-corrected chi connectivity index (χ4v) is 3.44. The number of aromatic nitrogens is 2. The number of rotatable bonds is 3. The third kappa shape index (κ3) is 4.60. The Kier molecular flexibility index (Phi) is 6.88. The molecule has 0 aromatic carbocycles. The third-order valence-corrected chi connectivity index (χ3v) is 4.78. The average Bonchev–Trinajstić information content (AvgIpc) is 3.17. The van der Waals surface area contributed by atoms with E-state index in [2.05, 4.69) is 20.3 Å². The molecule has 1 saturated heterocycles. The lowest BCUT2D eigenvalue weighted by Crippen LogP contribution is -2.51. The Balaban J connectivity index is 0.00000208. The number of nitrogens with zero attached hydrogens (tertiary/aromatic N) is 4. The molecule has 1 aliphatic carbocycles. The van der Waals surface area contributed by atoms with Crippen LogP contribution in [0.4, 0.5) is 0 Å². The molecule has 2 fully saturated rings. The summed E-state index contributed by atoms with van der Waals surface area (Å²) in [5.74, 6) is 0.836. The highest BCUT2D eigenvalue weighted by Crippen LogP contribution is 2.28. The van der Waals surface area contributed by atoms with Crippen molar-refractivity contribution in [3.63, 3.8) is 0 Å². The van der Waals surface area contributed by atoms with Gasteiger partial charge < -0.3 is 20.1 Å². The molecule has 1 aromatic heterocycles. The number of nitrogens with one attached hydrogen (secondary N) is 1. The monoisotopic (exact) mass is 449 g/mol. The van der Waals surface area contributed by atoms with Crippen molar-refractivity contribution in [2.75, 3.05) is 33.3 Å². The van der Waals surface area contributed by atoms with E-state index in [9.17, 15) is 5.11 Å². The lowest BCUT2D eigenvalue weighted by Gasteiger charge is -2.35. The van der Waals surface area contributed by atoms with Gasteiger partial charge in [-0.25, -0.2) is 0 Å². The van der Waals surface area contributed by atoms with Gasteiger partial charge in [0.1, 0.15) is 6.10 Å². The van der Waals surface area contributed by atoms with Crippen LogP contribution in [0.1, 0.15) is 37.4 Å². The van der Waals surface area contributed by atoms with E-state index in [4.69, 9.17) is 4.74 Å². The van der Waals surface area contributed by atoms with Gasteiger partial charge in [-0.15, -0.1) is 24.0 Å². The van der Waals surface area contributed by atoms with E-state index in [0.29, 0.717) is 13.2 Å². The number of hydrogen-bond acceptors (Lipinski definition) is 4. The number of guanidine groups is 1. The summed E-state index contributed by atoms with van der Waals surface area (Å²) in [5.41, 5.74) is 0.507. The Morgan fingerprint density at radius 2 is 2.25 bits per heavy atom. The van der Waals surface area contributed by atoms with E-state index in [1.54, 1.807) is 11.7 Å². The second-order valence-electron chi connectivity index (χ2n) is 6.59. The highest BCUT2D eigenvalue weighted by atomic mass is 127. The predicted molar refractivity (Wildman–Crippen MR) is 104 cm³/mol. The first-order valence-electron chi connectivity index (χ1n) is 8.38. The van der Waals surface area contributed by atoms with Gasteiger partial charge in [0.15, 0.2) is 5.96 Å². The van der Waals surface area contributed by atoms with Gasteiger partial charge in [0.2, 0.25) is 0 Å². The summed E-state index contributed by atoms with van der Waals surface area (Å²) in [6.07, 6.45) is 7.81. The van der Waals surface area contributed by atoms with E-state index in [1.165, 1.54) is 0 Å². The molecule has 24 heavy (non-hydrogen) atoms. The quantitative estimate of drug-likeness (QED) is 0.414. The van der Waals surface area contributed by atoms with Crippen molar-refractivity contribution in [1.82, 2.24) is 20.0 Å². The molecule has 1 saturated carbocycles. The molecule has 1 atom stereocenters. The molecular weight excluding hydrogens is 421 g/mol. The summed E-state index contributed by atoms with van der Waals surface area (Å²) in [6.45, 7) is 2.76. The molecule has 0 bridgehead atoms. The first kappa shape index (κ1) is 19.5. The molecule has 0 spiro atoms. The maximum Gasteiger partial charge on any atom is 0.193 e. The third-order valence-electron chi connectivity index (χ3n) is 4.78. The van der Waals surface area contributed by atoms with Crippen LogP contribution >= 0.6 is 24.0 Å². The van der Waals surface area contributed by atoms with Crippen molar-refractivity contribution in [1.29, 1.82) is 0 Å². The van der Waals surface area contributed by atoms with Crippen LogP contribution in [-0.4, -0.2) is 64.6 Å². The molecule has 1 aromatic rings. The number of aryl methyl sites for hydroxylation is 1. The predicted octanol–water partition coefficient (Wildman–Crippen LogP) is 1.29. The Morgan fingerprint density at radius 3 is 2.88 bits per heavy atom. The first-order chi connectivity index (χ1) is 11.1. The summed E-state index contributed by atoms with van der Waals surface area (Å²) >= 11 is 0. The number of aliphatic imine (C=N–C) groups is 1. The van der Waals surface area contributed by atoms with E-state index in [-0.39, 0.29) is 30.1 Å². The summed E-state index contributed by atoms with van der Waals surface area (Å²) < 4.78 is 7.66. The molecular formula is C16H28IN5O2. The van der Waals surface area contributed by atoms with Crippen molar-refractivity contribution in [3.05, 3.63) is 18.0 Å². The molecule has 2 heterocycles. The Labute approximate surface area is 160 Å². The van der Waals surface area contributed by atoms with E-state index in [1.807, 2.05) is 19.4 Å². The number of aliphatic hydroxyl groups is 1. The second kappa shape index (κ2) is 8.48. The Morgan fingerprint density at radius 1 is 1.50 bits per heavy atom. The topological polar surface area (TPSA) is 74.9 Å². The minimum atomic E-state index is -0.578. The van der Waals surface area contributed by atoms with Crippen LogP contribution in [0.25, 0.3) is 0 Å². The number of halogens is 1. The fraction of sp³-hybridized carbons (Fsp3) is 0.750. The summed E-state index contributed by atoms with van der Waals surface area (Å²) in [4.78, 5) is 6.58. The maximum atomic E-state index is 10.5. The van der Waals surface area contributed by atoms with Crippen LogP contribution in [0.3, 0.4) is 0 Å². The van der Waals surface area contributed by atoms with Crippen LogP contribution < -0.4 is 5.32 Å². The first-order valence-corrected chi connectivity index (χ1v) is 8.38. The number of ether oxygens (including phenoxy) is 1. The standard InChI is InChI=1S/C16H27N5O2.HI/c1-17-15(18-12-16(22)5-3-4-6-16)21-7-8-23-14(11-21)13-9-19-20(2)10-13;/h9-10,14,22H,3-8,11-12H2,1-2H3,(H,17,18);1H. The van der Waals surface area contributed by atoms with Crippen molar-refractivity contribution < 1.29 is 9.84 Å². The Bertz CT molecular complexity index is 556. The zero-order valence-electron chi connectivity index (χ0n) is 14.4. The van der Waals surface area contributed by atoms with Crippen molar-refractivity contribution in [3.8, 4) is 0 Å². The largest absolute Gasteiger partial charge is 0.388 e. The van der Waals surface area contributed by atoms with Crippen molar-refractivity contribution in [2.45, 2.75) is 37.4 Å². The van der Waals surface area contributed by atoms with Crippen molar-refractivity contribution in [2.24, 2.45) is 12.0 Å². The molecule has 1 aliphatic heterocycles. The van der Waals surface area contributed by atoms with Crippen LogP contribution in [-0.2, 0) is 11.8 Å². The maximum absolute atomic E-state index is 10.5. The van der Waals surface area contributed by atoms with Gasteiger partial charge >= 0.3 is 0 Å². The van der Waals surface area contributed by atoms with Gasteiger partial charge in [0, 0.05) is 38.9 Å². The highest BCUT2D eigenvalue weighted by Gasteiger charge is 2.32. The van der Waals surface area contributed by atoms with Crippen LogP contribution in [0.15, 0.2) is 17.4 Å². The van der Waals surface area contributed by atoms with Crippen molar-refractivity contribution >= 4 is 29.9 Å². The molecule has 136 valence electrons. The lowest BCUT2D eigenvalue weighted by atomic mass is 10.0. The van der Waals surface area contributed by atoms with Gasteiger partial charge in [0.05, 0.1) is 24.9 Å². The van der Waals surface area contributed by atoms with E-state index < -0.39 is 5.60 Å². The minimum Gasteiger partial charge on any atom is -0.388 e. The van der Waals surface area contributed by atoms with Crippen LogP contribution in [0, 0.1) is 0 Å². The molecule has 8 heteroatoms. The summed E-state index contributed by atoms with van der Waals surface area (Å²) in [7, 11) is 3.70. The molecule has 2 N–H and O–H groups in total. The second-order valence-corrected chi connectivity index (χ2v) is 6.59. The smallest absolute Gasteiger partial charge is 0.193 e. The van der Waals surface area contributed by atoms with Gasteiger partial charge in [-0.3, -0.25) is 9.67 Å². The van der Waals surface area contributed by atoms with Crippen LogP contribution in [0.5, 0.6) is 0 Å².